The van der Waals surface area contributed by atoms with Crippen molar-refractivity contribution in [1.29, 1.82) is 0 Å². The van der Waals surface area contributed by atoms with Crippen molar-refractivity contribution in [3.05, 3.63) is 71.8 Å². The fourth-order valence-electron chi connectivity index (χ4n) is 2.63. The van der Waals surface area contributed by atoms with Crippen LogP contribution in [0, 0.1) is 0 Å². The van der Waals surface area contributed by atoms with Crippen LogP contribution in [-0.2, 0) is 0 Å². The molecule has 118 valence electrons. The highest BCUT2D eigenvalue weighted by Gasteiger charge is 2.15. The van der Waals surface area contributed by atoms with E-state index in [0.29, 0.717) is 17.1 Å². The Balaban J connectivity index is 1.51. The highest BCUT2D eigenvalue weighted by molar-refractivity contribution is 6.00. The van der Waals surface area contributed by atoms with Gasteiger partial charge in [-0.1, -0.05) is 42.5 Å². The summed E-state index contributed by atoms with van der Waals surface area (Å²) in [5, 5.41) is 6.28. The molecule has 0 saturated heterocycles. The van der Waals surface area contributed by atoms with Crippen LogP contribution in [0.3, 0.4) is 0 Å². The monoisotopic (exact) mass is 318 g/mol. The molecule has 0 unspecified atom stereocenters. The number of hydrazone groups is 1. The van der Waals surface area contributed by atoms with Gasteiger partial charge in [-0.3, -0.25) is 4.79 Å². The number of rotatable bonds is 3. The number of amides is 1. The maximum Gasteiger partial charge on any atom is 0.271 e. The largest absolute Gasteiger partial charge is 0.454 e. The highest BCUT2D eigenvalue weighted by Crippen LogP contribution is 2.32. The lowest BCUT2D eigenvalue weighted by atomic mass is 10.1. The number of carbonyl (C=O) groups is 1. The Morgan fingerprint density at radius 1 is 1.00 bits per heavy atom. The minimum atomic E-state index is -0.301. The van der Waals surface area contributed by atoms with E-state index in [9.17, 15) is 4.79 Å². The number of hydrogen-bond acceptors (Lipinski definition) is 4. The van der Waals surface area contributed by atoms with Gasteiger partial charge in [-0.15, -0.1) is 0 Å². The van der Waals surface area contributed by atoms with Gasteiger partial charge in [0.05, 0.1) is 6.21 Å². The minimum Gasteiger partial charge on any atom is -0.454 e. The summed E-state index contributed by atoms with van der Waals surface area (Å²) in [4.78, 5) is 12.2. The molecular weight excluding hydrogens is 304 g/mol. The van der Waals surface area contributed by atoms with Crippen LogP contribution in [0.2, 0.25) is 0 Å². The van der Waals surface area contributed by atoms with Gasteiger partial charge in [0.25, 0.3) is 5.91 Å². The molecule has 0 atom stereocenters. The molecule has 24 heavy (non-hydrogen) atoms. The quantitative estimate of drug-likeness (QED) is 0.595. The van der Waals surface area contributed by atoms with Crippen LogP contribution in [-0.4, -0.2) is 18.9 Å². The summed E-state index contributed by atoms with van der Waals surface area (Å²) in [6.45, 7) is 0.180. The van der Waals surface area contributed by atoms with Crippen molar-refractivity contribution in [2.45, 2.75) is 0 Å². The van der Waals surface area contributed by atoms with E-state index in [-0.39, 0.29) is 12.7 Å². The van der Waals surface area contributed by atoms with E-state index >= 15 is 0 Å². The Kier molecular flexibility index (Phi) is 3.59. The molecule has 0 fully saturated rings. The van der Waals surface area contributed by atoms with Crippen LogP contribution in [0.1, 0.15) is 15.9 Å². The summed E-state index contributed by atoms with van der Waals surface area (Å²) < 4.78 is 10.5. The zero-order valence-corrected chi connectivity index (χ0v) is 12.7. The van der Waals surface area contributed by atoms with E-state index in [0.717, 1.165) is 16.3 Å². The SMILES string of the molecule is O=C(N/N=C/c1cccc2ccccc12)c1ccc2c(c1)OCO2. The molecular formula is C19H14N2O3. The molecule has 0 saturated carbocycles. The lowest BCUT2D eigenvalue weighted by molar-refractivity contribution is 0.0954. The van der Waals surface area contributed by atoms with Gasteiger partial charge in [0, 0.05) is 11.1 Å². The summed E-state index contributed by atoms with van der Waals surface area (Å²) >= 11 is 0. The normalized spacial score (nSPS) is 12.7. The molecule has 5 nitrogen and oxygen atoms in total. The smallest absolute Gasteiger partial charge is 0.271 e. The van der Waals surface area contributed by atoms with Crippen LogP contribution in [0.4, 0.5) is 0 Å². The molecule has 3 aromatic carbocycles. The van der Waals surface area contributed by atoms with Gasteiger partial charge in [-0.05, 0) is 29.0 Å². The Morgan fingerprint density at radius 3 is 2.79 bits per heavy atom. The molecule has 4 rings (SSSR count). The first kappa shape index (κ1) is 14.3. The molecule has 1 amide bonds. The molecule has 1 heterocycles. The van der Waals surface area contributed by atoms with Gasteiger partial charge < -0.3 is 9.47 Å². The van der Waals surface area contributed by atoms with E-state index in [2.05, 4.69) is 10.5 Å². The van der Waals surface area contributed by atoms with Crippen molar-refractivity contribution in [2.24, 2.45) is 5.10 Å². The average Bonchev–Trinajstić information content (AvgIpc) is 3.09. The van der Waals surface area contributed by atoms with E-state index in [1.165, 1.54) is 0 Å². The molecule has 1 aliphatic heterocycles. The third-order valence-electron chi connectivity index (χ3n) is 3.83. The summed E-state index contributed by atoms with van der Waals surface area (Å²) in [7, 11) is 0. The lowest BCUT2D eigenvalue weighted by Crippen LogP contribution is -2.17. The van der Waals surface area contributed by atoms with Gasteiger partial charge in [0.2, 0.25) is 6.79 Å². The maximum absolute atomic E-state index is 12.2. The highest BCUT2D eigenvalue weighted by atomic mass is 16.7. The van der Waals surface area contributed by atoms with Crippen LogP contribution in [0.25, 0.3) is 10.8 Å². The number of benzene rings is 3. The van der Waals surface area contributed by atoms with Crippen molar-refractivity contribution in [1.82, 2.24) is 5.43 Å². The second kappa shape index (κ2) is 6.04. The molecule has 1 N–H and O–H groups in total. The Labute approximate surface area is 138 Å². The Hall–Kier alpha value is -3.34. The van der Waals surface area contributed by atoms with E-state index in [1.807, 2.05) is 42.5 Å². The van der Waals surface area contributed by atoms with Crippen molar-refractivity contribution in [3.8, 4) is 11.5 Å². The maximum atomic E-state index is 12.2. The van der Waals surface area contributed by atoms with Crippen molar-refractivity contribution >= 4 is 22.9 Å². The Bertz CT molecular complexity index is 945. The van der Waals surface area contributed by atoms with Gasteiger partial charge in [-0.2, -0.15) is 5.10 Å². The second-order valence-corrected chi connectivity index (χ2v) is 5.34. The third-order valence-corrected chi connectivity index (χ3v) is 3.83. The first-order chi connectivity index (χ1) is 11.8. The molecule has 3 aromatic rings. The predicted molar refractivity (Wildman–Crippen MR) is 91.6 cm³/mol. The number of fused-ring (bicyclic) bond motifs is 2. The average molecular weight is 318 g/mol. The van der Waals surface area contributed by atoms with Crippen LogP contribution < -0.4 is 14.9 Å². The fraction of sp³-hybridized carbons (Fsp3) is 0.0526. The van der Waals surface area contributed by atoms with Crippen molar-refractivity contribution < 1.29 is 14.3 Å². The molecule has 5 heteroatoms. The van der Waals surface area contributed by atoms with Crippen LogP contribution >= 0.6 is 0 Å². The first-order valence-electron chi connectivity index (χ1n) is 7.52. The van der Waals surface area contributed by atoms with Crippen molar-refractivity contribution in [3.63, 3.8) is 0 Å². The number of ether oxygens (including phenoxy) is 2. The van der Waals surface area contributed by atoms with Crippen LogP contribution in [0.15, 0.2) is 65.8 Å². The molecule has 0 spiro atoms. The van der Waals surface area contributed by atoms with Crippen molar-refractivity contribution in [2.75, 3.05) is 6.79 Å². The molecule has 0 bridgehead atoms. The van der Waals surface area contributed by atoms with Crippen LogP contribution in [0.5, 0.6) is 11.5 Å². The topological polar surface area (TPSA) is 59.9 Å². The molecule has 0 radical (unpaired) electrons. The number of nitrogens with zero attached hydrogens (tertiary/aromatic N) is 1. The standard InChI is InChI=1S/C19H14N2O3/c22-19(14-8-9-17-18(10-14)24-12-23-17)21-20-11-15-6-3-5-13-4-1-2-7-16(13)15/h1-11H,12H2,(H,21,22)/b20-11+. The van der Waals surface area contributed by atoms with E-state index in [1.54, 1.807) is 24.4 Å². The van der Waals surface area contributed by atoms with Gasteiger partial charge >= 0.3 is 0 Å². The summed E-state index contributed by atoms with van der Waals surface area (Å²) in [5.41, 5.74) is 3.95. The number of nitrogens with one attached hydrogen (secondary N) is 1. The molecule has 1 aliphatic rings. The summed E-state index contributed by atoms with van der Waals surface area (Å²) in [6, 6.07) is 19.0. The van der Waals surface area contributed by atoms with E-state index < -0.39 is 0 Å². The number of hydrogen-bond donors (Lipinski definition) is 1. The Morgan fingerprint density at radius 2 is 1.83 bits per heavy atom. The minimum absolute atomic E-state index is 0.180. The summed E-state index contributed by atoms with van der Waals surface area (Å²) in [6.07, 6.45) is 1.65. The zero-order chi connectivity index (χ0) is 16.4. The summed E-state index contributed by atoms with van der Waals surface area (Å²) in [5.74, 6) is 0.913. The second-order valence-electron chi connectivity index (χ2n) is 5.34. The fourth-order valence-corrected chi connectivity index (χ4v) is 2.63. The van der Waals surface area contributed by atoms with E-state index in [4.69, 9.17) is 9.47 Å². The number of carbonyl (C=O) groups excluding carboxylic acids is 1. The first-order valence-corrected chi connectivity index (χ1v) is 7.52. The van der Waals surface area contributed by atoms with Gasteiger partial charge in [0.1, 0.15) is 0 Å². The zero-order valence-electron chi connectivity index (χ0n) is 12.7. The molecule has 0 aliphatic carbocycles. The van der Waals surface area contributed by atoms with Gasteiger partial charge in [0.15, 0.2) is 11.5 Å². The lowest BCUT2D eigenvalue weighted by Gasteiger charge is -2.03. The predicted octanol–water partition coefficient (Wildman–Crippen LogP) is 3.33. The molecule has 0 aromatic heterocycles. The van der Waals surface area contributed by atoms with Gasteiger partial charge in [-0.25, -0.2) is 5.43 Å². The third kappa shape index (κ3) is 2.67.